The molecule has 0 spiro atoms. The molecule has 120 valence electrons. The third-order valence-corrected chi connectivity index (χ3v) is 2.44. The molecule has 0 fully saturated rings. The van der Waals surface area contributed by atoms with Crippen molar-refractivity contribution in [3.8, 4) is 0 Å². The highest BCUT2D eigenvalue weighted by molar-refractivity contribution is 5.84. The average molecular weight is 321 g/mol. The quantitative estimate of drug-likeness (QED) is 0.645. The Hall–Kier alpha value is -1.81. The molecule has 1 heterocycles. The van der Waals surface area contributed by atoms with Crippen molar-refractivity contribution in [2.45, 2.75) is 31.0 Å². The maximum atomic E-state index is 12.9. The van der Waals surface area contributed by atoms with Crippen LogP contribution in [0.4, 0.5) is 30.7 Å². The minimum atomic E-state index is -6.52. The molecule has 11 heteroatoms. The SMILES string of the molecule is O=C(NCCCn1cccn1)C(F)(F)C(F)(F)C(F)(F)F. The number of rotatable bonds is 6. The molecule has 1 amide bonds. The van der Waals surface area contributed by atoms with E-state index in [0.717, 1.165) is 0 Å². The smallest absolute Gasteiger partial charge is 0.351 e. The molecule has 1 rings (SSSR count). The molecule has 0 aliphatic carbocycles. The summed E-state index contributed by atoms with van der Waals surface area (Å²) in [5, 5.41) is 5.09. The summed E-state index contributed by atoms with van der Waals surface area (Å²) in [4.78, 5) is 10.9. The van der Waals surface area contributed by atoms with E-state index in [2.05, 4.69) is 5.10 Å². The molecule has 1 aromatic heterocycles. The number of aromatic nitrogens is 2. The first kappa shape index (κ1) is 17.2. The van der Waals surface area contributed by atoms with Gasteiger partial charge in [-0.3, -0.25) is 9.48 Å². The van der Waals surface area contributed by atoms with Crippen LogP contribution in [-0.2, 0) is 11.3 Å². The first-order chi connectivity index (χ1) is 9.50. The van der Waals surface area contributed by atoms with Gasteiger partial charge in [-0.15, -0.1) is 0 Å². The number of halogens is 7. The number of amides is 1. The molecule has 0 unspecified atom stereocenters. The van der Waals surface area contributed by atoms with Gasteiger partial charge in [0.05, 0.1) is 0 Å². The fourth-order valence-electron chi connectivity index (χ4n) is 1.31. The molecule has 0 bridgehead atoms. The van der Waals surface area contributed by atoms with E-state index in [0.29, 0.717) is 0 Å². The first-order valence-corrected chi connectivity index (χ1v) is 5.58. The number of nitrogens with one attached hydrogen (secondary N) is 1. The number of alkyl halides is 7. The normalized spacial score (nSPS) is 13.3. The standard InChI is InChI=1S/C10H10F7N3O/c11-8(12,9(13,14)10(15,16)17)7(21)18-3-1-5-20-6-2-4-19-20/h2,4,6H,1,3,5H2,(H,18,21). The Balaban J connectivity index is 2.53. The molecule has 0 aliphatic heterocycles. The fourth-order valence-corrected chi connectivity index (χ4v) is 1.31. The Bertz CT molecular complexity index is 469. The molecule has 1 aromatic rings. The Labute approximate surface area is 113 Å². The van der Waals surface area contributed by atoms with Gasteiger partial charge in [-0.2, -0.15) is 35.8 Å². The Morgan fingerprint density at radius 1 is 1.14 bits per heavy atom. The highest BCUT2D eigenvalue weighted by atomic mass is 19.4. The van der Waals surface area contributed by atoms with Crippen LogP contribution in [0, 0.1) is 0 Å². The summed E-state index contributed by atoms with van der Waals surface area (Å²) in [6, 6.07) is 1.57. The average Bonchev–Trinajstić information content (AvgIpc) is 2.85. The molecule has 1 N–H and O–H groups in total. The largest absolute Gasteiger partial charge is 0.460 e. The summed E-state index contributed by atoms with van der Waals surface area (Å²) in [6.07, 6.45) is -3.55. The summed E-state index contributed by atoms with van der Waals surface area (Å²) in [5.41, 5.74) is 0. The number of hydrogen-bond donors (Lipinski definition) is 1. The van der Waals surface area contributed by atoms with Crippen LogP contribution in [0.15, 0.2) is 18.5 Å². The number of carbonyl (C=O) groups excluding carboxylic acids is 1. The van der Waals surface area contributed by atoms with Crippen molar-refractivity contribution >= 4 is 5.91 Å². The van der Waals surface area contributed by atoms with E-state index < -0.39 is 30.5 Å². The third kappa shape index (κ3) is 3.64. The molecule has 0 saturated heterocycles. The van der Waals surface area contributed by atoms with Gasteiger partial charge in [0.25, 0.3) is 5.91 Å². The van der Waals surface area contributed by atoms with Crippen LogP contribution < -0.4 is 5.32 Å². The summed E-state index contributed by atoms with van der Waals surface area (Å²) >= 11 is 0. The number of carbonyl (C=O) groups is 1. The predicted octanol–water partition coefficient (Wildman–Crippen LogP) is 2.22. The van der Waals surface area contributed by atoms with Crippen molar-refractivity contribution in [2.24, 2.45) is 0 Å². The molecule has 21 heavy (non-hydrogen) atoms. The monoisotopic (exact) mass is 321 g/mol. The number of hydrogen-bond acceptors (Lipinski definition) is 2. The van der Waals surface area contributed by atoms with Gasteiger partial charge in [-0.25, -0.2) is 0 Å². The predicted molar refractivity (Wildman–Crippen MR) is 55.8 cm³/mol. The van der Waals surface area contributed by atoms with E-state index in [4.69, 9.17) is 0 Å². The lowest BCUT2D eigenvalue weighted by Gasteiger charge is -2.27. The molecule has 0 atom stereocenters. The summed E-state index contributed by atoms with van der Waals surface area (Å²) < 4.78 is 87.8. The van der Waals surface area contributed by atoms with Crippen molar-refractivity contribution in [3.05, 3.63) is 18.5 Å². The van der Waals surface area contributed by atoms with E-state index in [9.17, 15) is 35.5 Å². The molecule has 0 saturated carbocycles. The molecule has 0 aromatic carbocycles. The van der Waals surface area contributed by atoms with Crippen molar-refractivity contribution in [1.82, 2.24) is 15.1 Å². The highest BCUT2D eigenvalue weighted by Crippen LogP contribution is 2.46. The van der Waals surface area contributed by atoms with Gasteiger partial charge < -0.3 is 5.32 Å². The zero-order valence-electron chi connectivity index (χ0n) is 10.3. The second-order valence-corrected chi connectivity index (χ2v) is 4.03. The second kappa shape index (κ2) is 5.90. The fraction of sp³-hybridized carbons (Fsp3) is 0.600. The van der Waals surface area contributed by atoms with Crippen LogP contribution in [-0.4, -0.2) is 40.3 Å². The van der Waals surface area contributed by atoms with Gasteiger partial charge in [-0.1, -0.05) is 0 Å². The molecular weight excluding hydrogens is 311 g/mol. The lowest BCUT2D eigenvalue weighted by atomic mass is 10.1. The Morgan fingerprint density at radius 2 is 1.76 bits per heavy atom. The van der Waals surface area contributed by atoms with Crippen molar-refractivity contribution in [1.29, 1.82) is 0 Å². The van der Waals surface area contributed by atoms with E-state index in [-0.39, 0.29) is 13.0 Å². The van der Waals surface area contributed by atoms with Crippen LogP contribution >= 0.6 is 0 Å². The van der Waals surface area contributed by atoms with Crippen LogP contribution in [0.3, 0.4) is 0 Å². The number of nitrogens with zero attached hydrogens (tertiary/aromatic N) is 2. The van der Waals surface area contributed by atoms with Crippen molar-refractivity contribution in [2.75, 3.05) is 6.54 Å². The van der Waals surface area contributed by atoms with E-state index >= 15 is 0 Å². The Morgan fingerprint density at radius 3 is 2.24 bits per heavy atom. The van der Waals surface area contributed by atoms with Crippen molar-refractivity contribution < 1.29 is 35.5 Å². The summed E-state index contributed by atoms with van der Waals surface area (Å²) in [5.74, 6) is -15.0. The van der Waals surface area contributed by atoms with Gasteiger partial charge in [0, 0.05) is 25.5 Å². The first-order valence-electron chi connectivity index (χ1n) is 5.58. The zero-order valence-corrected chi connectivity index (χ0v) is 10.3. The van der Waals surface area contributed by atoms with Crippen LogP contribution in [0.5, 0.6) is 0 Å². The van der Waals surface area contributed by atoms with E-state index in [1.165, 1.54) is 22.4 Å². The van der Waals surface area contributed by atoms with Gasteiger partial charge in [0.1, 0.15) is 0 Å². The van der Waals surface area contributed by atoms with Gasteiger partial charge >= 0.3 is 18.0 Å². The lowest BCUT2D eigenvalue weighted by molar-refractivity contribution is -0.344. The van der Waals surface area contributed by atoms with Crippen LogP contribution in [0.25, 0.3) is 0 Å². The maximum Gasteiger partial charge on any atom is 0.460 e. The highest BCUT2D eigenvalue weighted by Gasteiger charge is 2.76. The van der Waals surface area contributed by atoms with Gasteiger partial charge in [0.15, 0.2) is 0 Å². The molecule has 0 aliphatic rings. The van der Waals surface area contributed by atoms with Gasteiger partial charge in [0.2, 0.25) is 0 Å². The second-order valence-electron chi connectivity index (χ2n) is 4.03. The molecule has 0 radical (unpaired) electrons. The van der Waals surface area contributed by atoms with Gasteiger partial charge in [-0.05, 0) is 12.5 Å². The topological polar surface area (TPSA) is 46.9 Å². The van der Waals surface area contributed by atoms with E-state index in [1.807, 2.05) is 0 Å². The van der Waals surface area contributed by atoms with Crippen LogP contribution in [0.2, 0.25) is 0 Å². The molecular formula is C10H10F7N3O. The minimum absolute atomic E-state index is 0.0289. The Kier molecular flexibility index (Phi) is 4.84. The molecule has 4 nitrogen and oxygen atoms in total. The number of aryl methyl sites for hydroxylation is 1. The summed E-state index contributed by atoms with van der Waals surface area (Å²) in [6.45, 7) is -0.323. The van der Waals surface area contributed by atoms with Crippen LogP contribution in [0.1, 0.15) is 6.42 Å². The minimum Gasteiger partial charge on any atom is -0.351 e. The zero-order chi connectivity index (χ0) is 16.3. The third-order valence-electron chi connectivity index (χ3n) is 2.44. The van der Waals surface area contributed by atoms with Crippen molar-refractivity contribution in [3.63, 3.8) is 0 Å². The lowest BCUT2D eigenvalue weighted by Crippen LogP contribution is -2.59. The van der Waals surface area contributed by atoms with E-state index in [1.54, 1.807) is 6.07 Å². The summed E-state index contributed by atoms with van der Waals surface area (Å²) in [7, 11) is 0. The maximum absolute atomic E-state index is 12.9.